The first kappa shape index (κ1) is 17.5. The molecule has 2 aliphatic rings. The van der Waals surface area contributed by atoms with Gasteiger partial charge in [-0.05, 0) is 12.5 Å². The summed E-state index contributed by atoms with van der Waals surface area (Å²) in [6, 6.07) is 8.95. The molecule has 134 valence electrons. The third kappa shape index (κ3) is 3.26. The standard InChI is InChI=1S/C19H23NO5/c1-2-24-19(23)17-16(21)10-12-20(17)11-6-9-15(20)18(22)25-13-14-7-4-3-5-8-14/h3-5,7-8,15H,2,6,9-13H2,1H3/t15-,20-/m0/s1. The van der Waals surface area contributed by atoms with Crippen molar-refractivity contribution in [3.8, 4) is 0 Å². The van der Waals surface area contributed by atoms with Crippen molar-refractivity contribution >= 4 is 11.9 Å². The molecule has 0 aliphatic carbocycles. The van der Waals surface area contributed by atoms with Gasteiger partial charge in [0.15, 0.2) is 6.04 Å². The number of quaternary nitrogens is 1. The van der Waals surface area contributed by atoms with E-state index in [0.717, 1.165) is 12.0 Å². The lowest BCUT2D eigenvalue weighted by Gasteiger charge is -2.35. The summed E-state index contributed by atoms with van der Waals surface area (Å²) in [5.74, 6) is -1.15. The summed E-state index contributed by atoms with van der Waals surface area (Å²) < 4.78 is 10.7. The van der Waals surface area contributed by atoms with Gasteiger partial charge in [0, 0.05) is 19.3 Å². The average Bonchev–Trinajstić information content (AvgIpc) is 3.18. The summed E-state index contributed by atoms with van der Waals surface area (Å²) in [6.07, 6.45) is 1.67. The molecule has 6 nitrogen and oxygen atoms in total. The van der Waals surface area contributed by atoms with E-state index >= 15 is 0 Å². The van der Waals surface area contributed by atoms with Crippen LogP contribution in [0, 0.1) is 0 Å². The zero-order valence-electron chi connectivity index (χ0n) is 14.4. The van der Waals surface area contributed by atoms with Gasteiger partial charge in [0.05, 0.1) is 19.7 Å². The Bertz CT molecular complexity index is 684. The monoisotopic (exact) mass is 345 g/mol. The van der Waals surface area contributed by atoms with Crippen LogP contribution in [0.3, 0.4) is 0 Å². The van der Waals surface area contributed by atoms with E-state index in [2.05, 4.69) is 0 Å². The predicted molar refractivity (Wildman–Crippen MR) is 87.5 cm³/mol. The minimum absolute atomic E-state index is 0.102. The molecule has 1 fully saturated rings. The predicted octanol–water partition coefficient (Wildman–Crippen LogP) is 1.25. The Kier molecular flexibility index (Phi) is 5.08. The van der Waals surface area contributed by atoms with Crippen molar-refractivity contribution in [3.05, 3.63) is 47.4 Å². The summed E-state index contributed by atoms with van der Waals surface area (Å²) in [7, 11) is 0. The summed E-state index contributed by atoms with van der Waals surface area (Å²) in [6.45, 7) is 3.18. The molecule has 0 saturated carbocycles. The van der Waals surface area contributed by atoms with E-state index in [1.807, 2.05) is 30.3 Å². The first-order valence-corrected chi connectivity index (χ1v) is 8.73. The van der Waals surface area contributed by atoms with E-state index in [1.54, 1.807) is 6.92 Å². The number of esters is 2. The van der Waals surface area contributed by atoms with E-state index < -0.39 is 12.0 Å². The Balaban J connectivity index is 1.77. The fourth-order valence-electron chi connectivity index (χ4n) is 3.92. The van der Waals surface area contributed by atoms with Gasteiger partial charge >= 0.3 is 11.9 Å². The first-order chi connectivity index (χ1) is 12.1. The fourth-order valence-corrected chi connectivity index (χ4v) is 3.92. The lowest BCUT2D eigenvalue weighted by molar-refractivity contribution is -0.886. The molecule has 1 spiro atoms. The van der Waals surface area contributed by atoms with E-state index in [4.69, 9.17) is 9.47 Å². The molecule has 0 radical (unpaired) electrons. The number of ether oxygens (including phenoxy) is 2. The molecule has 0 bridgehead atoms. The normalized spacial score (nSPS) is 25.4. The number of carbonyl (C=O) groups is 2. The van der Waals surface area contributed by atoms with Gasteiger partial charge in [-0.3, -0.25) is 4.48 Å². The quantitative estimate of drug-likeness (QED) is 0.593. The zero-order valence-corrected chi connectivity index (χ0v) is 14.4. The van der Waals surface area contributed by atoms with E-state index in [1.165, 1.54) is 0 Å². The fraction of sp³-hybridized carbons (Fsp3) is 0.474. The second-order valence-corrected chi connectivity index (χ2v) is 6.47. The number of hydrogen-bond donors (Lipinski definition) is 0. The molecule has 1 aromatic rings. The number of benzene rings is 1. The summed E-state index contributed by atoms with van der Waals surface area (Å²) in [5, 5.41) is 12.3. The largest absolute Gasteiger partial charge is 0.871 e. The third-order valence-corrected chi connectivity index (χ3v) is 5.04. The van der Waals surface area contributed by atoms with Gasteiger partial charge in [0.1, 0.15) is 6.61 Å². The number of hydrogen-bond acceptors (Lipinski definition) is 5. The van der Waals surface area contributed by atoms with Crippen molar-refractivity contribution in [3.63, 3.8) is 0 Å². The molecule has 0 aromatic heterocycles. The van der Waals surface area contributed by atoms with Crippen molar-refractivity contribution in [2.45, 2.75) is 38.8 Å². The Hall–Kier alpha value is -2.34. The molecule has 2 atom stereocenters. The SMILES string of the molecule is CCOC(=O)C1=C([O-])CC[N@+]12CCC[C@H]2C(=O)OCc1ccccc1. The van der Waals surface area contributed by atoms with Crippen LogP contribution in [0.25, 0.3) is 0 Å². The van der Waals surface area contributed by atoms with Crippen molar-refractivity contribution in [1.82, 2.24) is 0 Å². The van der Waals surface area contributed by atoms with Crippen molar-refractivity contribution in [1.29, 1.82) is 0 Å². The minimum Gasteiger partial charge on any atom is -0.871 e. The molecular weight excluding hydrogens is 322 g/mol. The number of nitrogens with zero attached hydrogens (tertiary/aromatic N) is 1. The smallest absolute Gasteiger partial charge is 0.391 e. The highest BCUT2D eigenvalue weighted by Gasteiger charge is 2.54. The van der Waals surface area contributed by atoms with Crippen molar-refractivity contribution in [2.75, 3.05) is 19.7 Å². The second-order valence-electron chi connectivity index (χ2n) is 6.47. The van der Waals surface area contributed by atoms with Crippen LogP contribution in [0.5, 0.6) is 0 Å². The molecule has 1 saturated heterocycles. The van der Waals surface area contributed by atoms with Crippen LogP contribution in [-0.4, -0.2) is 42.2 Å². The number of carbonyl (C=O) groups excluding carboxylic acids is 2. The lowest BCUT2D eigenvalue weighted by atomic mass is 10.2. The molecule has 6 heteroatoms. The van der Waals surface area contributed by atoms with Gasteiger partial charge in [0.2, 0.25) is 5.70 Å². The van der Waals surface area contributed by atoms with Crippen LogP contribution >= 0.6 is 0 Å². The second kappa shape index (κ2) is 7.27. The molecule has 25 heavy (non-hydrogen) atoms. The summed E-state index contributed by atoms with van der Waals surface area (Å²) in [4.78, 5) is 25.0. The Morgan fingerprint density at radius 2 is 1.96 bits per heavy atom. The van der Waals surface area contributed by atoms with Crippen LogP contribution in [0.1, 0.15) is 31.7 Å². The summed E-state index contributed by atoms with van der Waals surface area (Å²) in [5.41, 5.74) is 1.04. The first-order valence-electron chi connectivity index (χ1n) is 8.73. The van der Waals surface area contributed by atoms with Crippen LogP contribution in [0.4, 0.5) is 0 Å². The lowest BCUT2D eigenvalue weighted by Crippen LogP contribution is -2.54. The Morgan fingerprint density at radius 1 is 1.20 bits per heavy atom. The topological polar surface area (TPSA) is 75.7 Å². The van der Waals surface area contributed by atoms with Gasteiger partial charge in [-0.2, -0.15) is 0 Å². The van der Waals surface area contributed by atoms with Gasteiger partial charge < -0.3 is 14.6 Å². The maximum Gasteiger partial charge on any atom is 0.391 e. The third-order valence-electron chi connectivity index (χ3n) is 5.04. The van der Waals surface area contributed by atoms with Gasteiger partial charge in [-0.15, -0.1) is 0 Å². The molecule has 3 rings (SSSR count). The van der Waals surface area contributed by atoms with Crippen LogP contribution in [0.15, 0.2) is 41.8 Å². The average molecular weight is 345 g/mol. The minimum atomic E-state index is -0.590. The van der Waals surface area contributed by atoms with Crippen LogP contribution in [-0.2, 0) is 25.7 Å². The van der Waals surface area contributed by atoms with Crippen molar-refractivity contribution < 1.29 is 28.7 Å². The molecule has 2 heterocycles. The van der Waals surface area contributed by atoms with Gasteiger partial charge in [-0.25, -0.2) is 9.59 Å². The molecule has 1 aromatic carbocycles. The number of rotatable bonds is 5. The van der Waals surface area contributed by atoms with Gasteiger partial charge in [0.25, 0.3) is 0 Å². The van der Waals surface area contributed by atoms with Crippen molar-refractivity contribution in [2.24, 2.45) is 0 Å². The zero-order chi connectivity index (χ0) is 17.9. The molecule has 0 unspecified atom stereocenters. The Morgan fingerprint density at radius 3 is 2.68 bits per heavy atom. The van der Waals surface area contributed by atoms with E-state index in [0.29, 0.717) is 19.5 Å². The highest BCUT2D eigenvalue weighted by Crippen LogP contribution is 2.40. The van der Waals surface area contributed by atoms with Crippen LogP contribution < -0.4 is 5.11 Å². The molecule has 0 N–H and O–H groups in total. The van der Waals surface area contributed by atoms with Crippen LogP contribution in [0.2, 0.25) is 0 Å². The molecular formula is C19H23NO5. The maximum atomic E-state index is 12.7. The maximum absolute atomic E-state index is 12.7. The van der Waals surface area contributed by atoms with E-state index in [-0.39, 0.29) is 41.5 Å². The highest BCUT2D eigenvalue weighted by molar-refractivity contribution is 5.88. The van der Waals surface area contributed by atoms with E-state index in [9.17, 15) is 14.7 Å². The van der Waals surface area contributed by atoms with Gasteiger partial charge in [-0.1, -0.05) is 36.1 Å². The molecule has 0 amide bonds. The summed E-state index contributed by atoms with van der Waals surface area (Å²) >= 11 is 0. The highest BCUT2D eigenvalue weighted by atomic mass is 16.5. The Labute approximate surface area is 147 Å². The molecule has 2 aliphatic heterocycles.